The lowest BCUT2D eigenvalue weighted by Gasteiger charge is -2.06. The molecule has 2 aromatic rings. The van der Waals surface area contributed by atoms with Crippen LogP contribution in [0.4, 0.5) is 0 Å². The van der Waals surface area contributed by atoms with Crippen LogP contribution in [0.1, 0.15) is 53.3 Å². The van der Waals surface area contributed by atoms with Gasteiger partial charge in [0.1, 0.15) is 10.6 Å². The van der Waals surface area contributed by atoms with E-state index in [1.165, 1.54) is 21.6 Å². The second-order valence-corrected chi connectivity index (χ2v) is 5.93. The Hall–Kier alpha value is -1.62. The maximum absolute atomic E-state index is 12.7. The molecule has 0 spiro atoms. The molecule has 0 aliphatic heterocycles. The van der Waals surface area contributed by atoms with Gasteiger partial charge in [0, 0.05) is 5.69 Å². The largest absolute Gasteiger partial charge is 0.492 e. The zero-order chi connectivity index (χ0) is 15.4. The molecule has 0 aliphatic rings. The van der Waals surface area contributed by atoms with Crippen LogP contribution in [0.25, 0.3) is 0 Å². The van der Waals surface area contributed by atoms with Crippen LogP contribution in [0, 0.1) is 13.8 Å². The Morgan fingerprint density at radius 1 is 1.38 bits per heavy atom. The number of aromatic nitrogens is 2. The predicted molar refractivity (Wildman–Crippen MR) is 85.5 cm³/mol. The van der Waals surface area contributed by atoms with E-state index in [0.717, 1.165) is 30.7 Å². The number of rotatable bonds is 6. The molecule has 2 aromatic heterocycles. The van der Waals surface area contributed by atoms with Crippen molar-refractivity contribution in [2.75, 3.05) is 6.61 Å². The Morgan fingerprint density at radius 3 is 2.81 bits per heavy atom. The van der Waals surface area contributed by atoms with E-state index in [0.29, 0.717) is 17.2 Å². The van der Waals surface area contributed by atoms with Gasteiger partial charge in [0.15, 0.2) is 0 Å². The fourth-order valence-electron chi connectivity index (χ4n) is 2.41. The molecule has 2 rings (SSSR count). The first-order valence-electron chi connectivity index (χ1n) is 7.40. The van der Waals surface area contributed by atoms with Gasteiger partial charge in [0.05, 0.1) is 12.3 Å². The van der Waals surface area contributed by atoms with Crippen LogP contribution in [-0.4, -0.2) is 22.3 Å². The SMILES string of the molecule is CCCCc1c(C)nn(C(=O)c2sccc2OCC)c1C. The molecular weight excluding hydrogens is 284 g/mol. The summed E-state index contributed by atoms with van der Waals surface area (Å²) in [5.74, 6) is 0.548. The average Bonchev–Trinajstić information content (AvgIpc) is 3.02. The fourth-order valence-corrected chi connectivity index (χ4v) is 3.16. The van der Waals surface area contributed by atoms with Crippen molar-refractivity contribution in [3.05, 3.63) is 33.3 Å². The van der Waals surface area contributed by atoms with Gasteiger partial charge in [-0.05, 0) is 50.6 Å². The van der Waals surface area contributed by atoms with Crippen molar-refractivity contribution >= 4 is 17.2 Å². The Balaban J connectivity index is 2.33. The van der Waals surface area contributed by atoms with E-state index in [4.69, 9.17) is 4.74 Å². The lowest BCUT2D eigenvalue weighted by molar-refractivity contribution is 0.0943. The van der Waals surface area contributed by atoms with Crippen LogP contribution in [0.2, 0.25) is 0 Å². The molecule has 0 amide bonds. The van der Waals surface area contributed by atoms with E-state index < -0.39 is 0 Å². The first-order valence-corrected chi connectivity index (χ1v) is 8.28. The van der Waals surface area contributed by atoms with Gasteiger partial charge in [0.25, 0.3) is 5.91 Å². The minimum Gasteiger partial charge on any atom is -0.492 e. The highest BCUT2D eigenvalue weighted by atomic mass is 32.1. The summed E-state index contributed by atoms with van der Waals surface area (Å²) in [6, 6.07) is 1.84. The third-order valence-corrected chi connectivity index (χ3v) is 4.42. The van der Waals surface area contributed by atoms with Gasteiger partial charge in [-0.1, -0.05) is 13.3 Å². The van der Waals surface area contributed by atoms with Crippen LogP contribution in [-0.2, 0) is 6.42 Å². The number of hydrogen-bond donors (Lipinski definition) is 0. The van der Waals surface area contributed by atoms with E-state index in [-0.39, 0.29) is 5.91 Å². The smallest absolute Gasteiger partial charge is 0.292 e. The van der Waals surface area contributed by atoms with Gasteiger partial charge in [-0.3, -0.25) is 4.79 Å². The Labute approximate surface area is 129 Å². The molecular formula is C16H22N2O2S. The summed E-state index contributed by atoms with van der Waals surface area (Å²) < 4.78 is 7.03. The minimum absolute atomic E-state index is 0.100. The summed E-state index contributed by atoms with van der Waals surface area (Å²) >= 11 is 1.40. The molecule has 0 unspecified atom stereocenters. The topological polar surface area (TPSA) is 44.1 Å². The van der Waals surface area contributed by atoms with Crippen LogP contribution < -0.4 is 4.74 Å². The summed E-state index contributed by atoms with van der Waals surface area (Å²) in [7, 11) is 0. The second kappa shape index (κ2) is 6.89. The molecule has 0 bridgehead atoms. The van der Waals surface area contributed by atoms with Crippen LogP contribution >= 0.6 is 11.3 Å². The van der Waals surface area contributed by atoms with Gasteiger partial charge in [-0.15, -0.1) is 11.3 Å². The van der Waals surface area contributed by atoms with Gasteiger partial charge in [-0.2, -0.15) is 9.78 Å². The van der Waals surface area contributed by atoms with Crippen molar-refractivity contribution in [2.24, 2.45) is 0 Å². The van der Waals surface area contributed by atoms with Crippen molar-refractivity contribution in [3.63, 3.8) is 0 Å². The molecule has 0 aromatic carbocycles. The molecule has 0 aliphatic carbocycles. The second-order valence-electron chi connectivity index (χ2n) is 5.02. The van der Waals surface area contributed by atoms with Crippen molar-refractivity contribution in [1.29, 1.82) is 0 Å². The predicted octanol–water partition coefficient (Wildman–Crippen LogP) is 3.99. The number of carbonyl (C=O) groups excluding carboxylic acids is 1. The molecule has 0 radical (unpaired) electrons. The number of nitrogens with zero attached hydrogens (tertiary/aromatic N) is 2. The number of ether oxygens (including phenoxy) is 1. The summed E-state index contributed by atoms with van der Waals surface area (Å²) in [4.78, 5) is 13.3. The standard InChI is InChI=1S/C16H22N2O2S/c1-5-7-8-13-11(3)17-18(12(13)4)16(19)15-14(20-6-2)9-10-21-15/h9-10H,5-8H2,1-4H3. The third-order valence-electron chi connectivity index (χ3n) is 3.54. The maximum Gasteiger partial charge on any atom is 0.292 e. The summed E-state index contributed by atoms with van der Waals surface area (Å²) in [6.07, 6.45) is 3.23. The molecule has 0 atom stereocenters. The number of unbranched alkanes of at least 4 members (excludes halogenated alkanes) is 1. The lowest BCUT2D eigenvalue weighted by Crippen LogP contribution is -2.15. The number of carbonyl (C=O) groups is 1. The number of aryl methyl sites for hydroxylation is 1. The maximum atomic E-state index is 12.7. The zero-order valence-corrected chi connectivity index (χ0v) is 13.9. The van der Waals surface area contributed by atoms with Gasteiger partial charge >= 0.3 is 0 Å². The van der Waals surface area contributed by atoms with E-state index in [9.17, 15) is 4.79 Å². The van der Waals surface area contributed by atoms with Crippen molar-refractivity contribution in [3.8, 4) is 5.75 Å². The number of thiophene rings is 1. The summed E-state index contributed by atoms with van der Waals surface area (Å²) in [5.41, 5.74) is 3.09. The van der Waals surface area contributed by atoms with E-state index in [1.807, 2.05) is 32.2 Å². The van der Waals surface area contributed by atoms with Crippen LogP contribution in [0.5, 0.6) is 5.75 Å². The molecule has 21 heavy (non-hydrogen) atoms. The molecule has 0 N–H and O–H groups in total. The Morgan fingerprint density at radius 2 is 2.14 bits per heavy atom. The van der Waals surface area contributed by atoms with Gasteiger partial charge in [-0.25, -0.2) is 0 Å². The van der Waals surface area contributed by atoms with Gasteiger partial charge in [0.2, 0.25) is 0 Å². The molecule has 0 fully saturated rings. The van der Waals surface area contributed by atoms with E-state index in [1.54, 1.807) is 0 Å². The van der Waals surface area contributed by atoms with Crippen LogP contribution in [0.15, 0.2) is 11.4 Å². The molecule has 114 valence electrons. The minimum atomic E-state index is -0.100. The highest BCUT2D eigenvalue weighted by Crippen LogP contribution is 2.27. The van der Waals surface area contributed by atoms with Crippen molar-refractivity contribution in [1.82, 2.24) is 9.78 Å². The van der Waals surface area contributed by atoms with Crippen LogP contribution in [0.3, 0.4) is 0 Å². The highest BCUT2D eigenvalue weighted by molar-refractivity contribution is 7.12. The Kier molecular flexibility index (Phi) is 5.17. The first kappa shape index (κ1) is 15.8. The van der Waals surface area contributed by atoms with E-state index >= 15 is 0 Å². The van der Waals surface area contributed by atoms with Crippen molar-refractivity contribution < 1.29 is 9.53 Å². The van der Waals surface area contributed by atoms with Gasteiger partial charge < -0.3 is 4.74 Å². The van der Waals surface area contributed by atoms with E-state index in [2.05, 4.69) is 12.0 Å². The zero-order valence-electron chi connectivity index (χ0n) is 13.1. The number of hydrogen-bond acceptors (Lipinski definition) is 4. The first-order chi connectivity index (χ1) is 10.1. The average molecular weight is 306 g/mol. The molecule has 2 heterocycles. The summed E-state index contributed by atoms with van der Waals surface area (Å²) in [5, 5.41) is 6.32. The van der Waals surface area contributed by atoms with Crippen molar-refractivity contribution in [2.45, 2.75) is 47.0 Å². The summed E-state index contributed by atoms with van der Waals surface area (Å²) in [6.45, 7) is 8.57. The third kappa shape index (κ3) is 3.18. The fraction of sp³-hybridized carbons (Fsp3) is 0.500. The molecule has 0 saturated carbocycles. The quantitative estimate of drug-likeness (QED) is 0.810. The normalized spacial score (nSPS) is 10.9. The highest BCUT2D eigenvalue weighted by Gasteiger charge is 2.21. The Bertz CT molecular complexity index is 628. The molecule has 0 saturated heterocycles. The molecule has 4 nitrogen and oxygen atoms in total. The lowest BCUT2D eigenvalue weighted by atomic mass is 10.1. The molecule has 5 heteroatoms. The monoisotopic (exact) mass is 306 g/mol.